The van der Waals surface area contributed by atoms with Gasteiger partial charge in [0.25, 0.3) is 0 Å². The van der Waals surface area contributed by atoms with Crippen LogP contribution in [-0.4, -0.2) is 0 Å². The van der Waals surface area contributed by atoms with Gasteiger partial charge < -0.3 is 0 Å². The predicted octanol–water partition coefficient (Wildman–Crippen LogP) is 6.30. The normalized spacial score (nSPS) is 21.1. The van der Waals surface area contributed by atoms with Crippen LogP contribution in [0.3, 0.4) is 0 Å². The quantitative estimate of drug-likeness (QED) is 0.564. The summed E-state index contributed by atoms with van der Waals surface area (Å²) in [5.41, 5.74) is 1.38. The molecule has 128 valence electrons. The van der Waals surface area contributed by atoms with E-state index in [4.69, 9.17) is 0 Å². The van der Waals surface area contributed by atoms with E-state index in [-0.39, 0.29) is 11.8 Å². The van der Waals surface area contributed by atoms with Gasteiger partial charge in [-0.15, -0.1) is 0 Å². The second-order valence-electron chi connectivity index (χ2n) is 6.75. The average molecular weight is 336 g/mol. The Bertz CT molecular complexity index is 693. The monoisotopic (exact) mass is 336 g/mol. The first-order valence-corrected chi connectivity index (χ1v) is 8.29. The van der Waals surface area contributed by atoms with E-state index < -0.39 is 23.3 Å². The zero-order valence-electron chi connectivity index (χ0n) is 13.8. The van der Waals surface area contributed by atoms with Crippen LogP contribution in [0.5, 0.6) is 0 Å². The maximum atomic E-state index is 14.1. The lowest BCUT2D eigenvalue weighted by atomic mass is 9.75. The summed E-state index contributed by atoms with van der Waals surface area (Å²) in [5, 5.41) is 0. The van der Waals surface area contributed by atoms with Gasteiger partial charge in [0.1, 0.15) is 0 Å². The maximum absolute atomic E-state index is 14.1. The molecule has 0 radical (unpaired) electrons. The van der Waals surface area contributed by atoms with Crippen molar-refractivity contribution in [3.05, 3.63) is 69.8 Å². The van der Waals surface area contributed by atoms with E-state index >= 15 is 0 Å². The van der Waals surface area contributed by atoms with Crippen molar-refractivity contribution in [1.82, 2.24) is 0 Å². The molecule has 2 aromatic carbocycles. The van der Waals surface area contributed by atoms with Crippen LogP contribution < -0.4 is 0 Å². The molecule has 0 aromatic heterocycles. The maximum Gasteiger partial charge on any atom is 0.162 e. The Morgan fingerprint density at radius 2 is 0.917 bits per heavy atom. The van der Waals surface area contributed by atoms with Gasteiger partial charge in [0.15, 0.2) is 23.3 Å². The lowest BCUT2D eigenvalue weighted by Gasteiger charge is -2.29. The minimum atomic E-state index is -0.790. The molecule has 0 heterocycles. The van der Waals surface area contributed by atoms with Crippen LogP contribution in [0.15, 0.2) is 24.3 Å². The van der Waals surface area contributed by atoms with Crippen LogP contribution in [0.1, 0.15) is 59.8 Å². The van der Waals surface area contributed by atoms with Crippen LogP contribution in [0, 0.1) is 37.1 Å². The highest BCUT2D eigenvalue weighted by molar-refractivity contribution is 5.31. The average Bonchev–Trinajstić information content (AvgIpc) is 2.58. The van der Waals surface area contributed by atoms with Crippen molar-refractivity contribution in [2.24, 2.45) is 0 Å². The molecule has 0 spiro atoms. The lowest BCUT2D eigenvalue weighted by molar-refractivity contribution is 0.369. The fourth-order valence-corrected chi connectivity index (χ4v) is 3.67. The Morgan fingerprint density at radius 3 is 1.25 bits per heavy atom. The minimum absolute atomic E-state index is 0.0743. The molecule has 1 saturated carbocycles. The number of benzene rings is 2. The Morgan fingerprint density at radius 1 is 0.583 bits per heavy atom. The number of rotatable bonds is 2. The fraction of sp³-hybridized carbons (Fsp3) is 0.400. The van der Waals surface area contributed by atoms with Crippen LogP contribution >= 0.6 is 0 Å². The van der Waals surface area contributed by atoms with E-state index in [1.807, 2.05) is 0 Å². The van der Waals surface area contributed by atoms with Gasteiger partial charge in [-0.05, 0) is 73.6 Å². The summed E-state index contributed by atoms with van der Waals surface area (Å²) in [7, 11) is 0. The first-order valence-electron chi connectivity index (χ1n) is 8.29. The lowest BCUT2D eigenvalue weighted by Crippen LogP contribution is -2.15. The first-order chi connectivity index (χ1) is 11.4. The molecule has 0 nitrogen and oxygen atoms in total. The molecule has 3 rings (SSSR count). The van der Waals surface area contributed by atoms with Crippen molar-refractivity contribution in [3.8, 4) is 0 Å². The number of hydrogen-bond donors (Lipinski definition) is 0. The molecule has 1 aliphatic carbocycles. The van der Waals surface area contributed by atoms with Crippen molar-refractivity contribution in [2.45, 2.75) is 51.4 Å². The van der Waals surface area contributed by atoms with Crippen molar-refractivity contribution >= 4 is 0 Å². The molecular formula is C20H20F4. The molecule has 0 atom stereocenters. The summed E-state index contributed by atoms with van der Waals surface area (Å²) in [4.78, 5) is 0. The topological polar surface area (TPSA) is 0 Å². The van der Waals surface area contributed by atoms with Crippen molar-refractivity contribution in [1.29, 1.82) is 0 Å². The first kappa shape index (κ1) is 17.0. The van der Waals surface area contributed by atoms with Gasteiger partial charge in [-0.2, -0.15) is 0 Å². The van der Waals surface area contributed by atoms with Gasteiger partial charge in [-0.1, -0.05) is 24.3 Å². The van der Waals surface area contributed by atoms with E-state index in [9.17, 15) is 17.6 Å². The van der Waals surface area contributed by atoms with E-state index in [0.717, 1.165) is 0 Å². The Hall–Kier alpha value is -1.84. The van der Waals surface area contributed by atoms with Gasteiger partial charge in [-0.25, -0.2) is 17.6 Å². The standard InChI is InChI=1S/C20H20F4/c1-11-3-9-15(19(23)17(11)21)13-5-7-14(8-6-13)16-10-4-12(2)18(22)20(16)24/h3-4,9-10,13-14H,5-8H2,1-2H3. The van der Waals surface area contributed by atoms with E-state index in [1.54, 1.807) is 24.3 Å². The van der Waals surface area contributed by atoms with E-state index in [2.05, 4.69) is 0 Å². The summed E-state index contributed by atoms with van der Waals surface area (Å²) >= 11 is 0. The third-order valence-corrected chi connectivity index (χ3v) is 5.22. The zero-order chi connectivity index (χ0) is 17.4. The third-order valence-electron chi connectivity index (χ3n) is 5.22. The number of halogens is 4. The smallest absolute Gasteiger partial charge is 0.162 e. The van der Waals surface area contributed by atoms with Crippen molar-refractivity contribution in [3.63, 3.8) is 0 Å². The molecule has 0 bridgehead atoms. The number of hydrogen-bond acceptors (Lipinski definition) is 0. The zero-order valence-corrected chi connectivity index (χ0v) is 13.8. The van der Waals surface area contributed by atoms with Crippen molar-refractivity contribution < 1.29 is 17.6 Å². The van der Waals surface area contributed by atoms with E-state index in [0.29, 0.717) is 47.9 Å². The molecule has 1 fully saturated rings. The van der Waals surface area contributed by atoms with Gasteiger partial charge >= 0.3 is 0 Å². The van der Waals surface area contributed by atoms with Gasteiger partial charge in [-0.3, -0.25) is 0 Å². The molecule has 0 amide bonds. The third kappa shape index (κ3) is 2.94. The molecule has 2 aromatic rings. The highest BCUT2D eigenvalue weighted by atomic mass is 19.2. The Labute approximate surface area is 139 Å². The molecule has 4 heteroatoms. The summed E-state index contributed by atoms with van der Waals surface area (Å²) in [6, 6.07) is 6.47. The van der Waals surface area contributed by atoms with Crippen LogP contribution in [0.25, 0.3) is 0 Å². The van der Waals surface area contributed by atoms with Gasteiger partial charge in [0, 0.05) is 0 Å². The summed E-state index contributed by atoms with van der Waals surface area (Å²) in [6.07, 6.45) is 2.55. The molecule has 0 unspecified atom stereocenters. The van der Waals surface area contributed by atoms with Crippen LogP contribution in [0.4, 0.5) is 17.6 Å². The second-order valence-corrected chi connectivity index (χ2v) is 6.75. The predicted molar refractivity (Wildman–Crippen MR) is 86.1 cm³/mol. The number of aryl methyl sites for hydroxylation is 2. The summed E-state index contributed by atoms with van der Waals surface area (Å²) in [6.45, 7) is 3.07. The molecule has 0 N–H and O–H groups in total. The minimum Gasteiger partial charge on any atom is -0.203 e. The molecular weight excluding hydrogens is 316 g/mol. The Kier molecular flexibility index (Phi) is 4.66. The second kappa shape index (κ2) is 6.58. The SMILES string of the molecule is Cc1ccc(C2CCC(c3ccc(C)c(F)c3F)CC2)c(F)c1F. The molecule has 0 saturated heterocycles. The highest BCUT2D eigenvalue weighted by Crippen LogP contribution is 2.42. The summed E-state index contributed by atoms with van der Waals surface area (Å²) in [5.74, 6) is -3.27. The highest BCUT2D eigenvalue weighted by Gasteiger charge is 2.28. The summed E-state index contributed by atoms with van der Waals surface area (Å²) < 4.78 is 55.8. The van der Waals surface area contributed by atoms with Crippen LogP contribution in [-0.2, 0) is 0 Å². The Balaban J connectivity index is 1.77. The van der Waals surface area contributed by atoms with E-state index in [1.165, 1.54) is 13.8 Å². The van der Waals surface area contributed by atoms with Gasteiger partial charge in [0.2, 0.25) is 0 Å². The largest absolute Gasteiger partial charge is 0.203 e. The molecule has 24 heavy (non-hydrogen) atoms. The molecule has 1 aliphatic rings. The fourth-order valence-electron chi connectivity index (χ4n) is 3.67. The van der Waals surface area contributed by atoms with Crippen molar-refractivity contribution in [2.75, 3.05) is 0 Å². The van der Waals surface area contributed by atoms with Crippen LogP contribution in [0.2, 0.25) is 0 Å². The molecule has 0 aliphatic heterocycles. The van der Waals surface area contributed by atoms with Gasteiger partial charge in [0.05, 0.1) is 0 Å².